The average molecular weight is 284 g/mol. The maximum Gasteiger partial charge on any atom is 0.134 e. The van der Waals surface area contributed by atoms with Gasteiger partial charge in [-0.15, -0.1) is 0 Å². The van der Waals surface area contributed by atoms with Gasteiger partial charge in [-0.1, -0.05) is 25.4 Å². The lowest BCUT2D eigenvalue weighted by Gasteiger charge is -2.09. The molecule has 0 aliphatic rings. The summed E-state index contributed by atoms with van der Waals surface area (Å²) in [7, 11) is 0. The molecule has 0 amide bonds. The van der Waals surface area contributed by atoms with Gasteiger partial charge in [-0.05, 0) is 35.9 Å². The molecule has 98 valence electrons. The van der Waals surface area contributed by atoms with E-state index in [9.17, 15) is 0 Å². The van der Waals surface area contributed by atoms with E-state index in [4.69, 9.17) is 21.8 Å². The third-order valence-electron chi connectivity index (χ3n) is 2.61. The van der Waals surface area contributed by atoms with E-state index < -0.39 is 0 Å². The zero-order valence-corrected chi connectivity index (χ0v) is 12.2. The average Bonchev–Trinajstić information content (AvgIpc) is 2.71. The number of hydrogen-bond donors (Lipinski definition) is 1. The lowest BCUT2D eigenvalue weighted by atomic mass is 10.2. The molecule has 1 unspecified atom stereocenters. The summed E-state index contributed by atoms with van der Waals surface area (Å²) < 4.78 is 5.75. The van der Waals surface area contributed by atoms with Crippen LogP contribution >= 0.6 is 23.4 Å². The third kappa shape index (κ3) is 3.44. The van der Waals surface area contributed by atoms with Crippen molar-refractivity contribution in [3.05, 3.63) is 35.0 Å². The minimum Gasteiger partial charge on any atom is -0.459 e. The zero-order valence-electron chi connectivity index (χ0n) is 10.7. The number of hydrogen-bond acceptors (Lipinski definition) is 3. The van der Waals surface area contributed by atoms with Gasteiger partial charge in [-0.2, -0.15) is 11.8 Å². The van der Waals surface area contributed by atoms with E-state index in [1.54, 1.807) is 0 Å². The normalized spacial score (nSPS) is 13.4. The van der Waals surface area contributed by atoms with Gasteiger partial charge in [0.2, 0.25) is 0 Å². The van der Waals surface area contributed by atoms with Crippen LogP contribution in [0.4, 0.5) is 0 Å². The summed E-state index contributed by atoms with van der Waals surface area (Å²) in [6.45, 7) is 4.42. The first-order valence-electron chi connectivity index (χ1n) is 6.08. The van der Waals surface area contributed by atoms with Gasteiger partial charge in [-0.25, -0.2) is 0 Å². The topological polar surface area (TPSA) is 39.2 Å². The van der Waals surface area contributed by atoms with E-state index in [0.29, 0.717) is 5.92 Å². The molecule has 2 rings (SSSR count). The standard InChI is InChI=1S/C14H18ClNOS/c1-9(2)7-18-8-12(16)14-6-10-5-11(15)3-4-13(10)17-14/h3-6,9,12H,7-8,16H2,1-2H3. The van der Waals surface area contributed by atoms with Crippen molar-refractivity contribution in [1.82, 2.24) is 0 Å². The second-order valence-corrected chi connectivity index (χ2v) is 6.38. The Morgan fingerprint density at radius 3 is 2.78 bits per heavy atom. The molecule has 0 aliphatic carbocycles. The molecule has 4 heteroatoms. The van der Waals surface area contributed by atoms with Crippen molar-refractivity contribution in [1.29, 1.82) is 0 Å². The molecule has 0 fully saturated rings. The first kappa shape index (κ1) is 13.8. The molecule has 2 aromatic rings. The Morgan fingerprint density at radius 1 is 1.28 bits per heavy atom. The molecule has 1 heterocycles. The number of rotatable bonds is 5. The fourth-order valence-corrected chi connectivity index (χ4v) is 2.94. The van der Waals surface area contributed by atoms with Crippen LogP contribution in [0.5, 0.6) is 0 Å². The van der Waals surface area contributed by atoms with E-state index >= 15 is 0 Å². The van der Waals surface area contributed by atoms with Gasteiger partial charge in [-0.3, -0.25) is 0 Å². The molecular weight excluding hydrogens is 266 g/mol. The van der Waals surface area contributed by atoms with Crippen molar-refractivity contribution in [3.63, 3.8) is 0 Å². The third-order valence-corrected chi connectivity index (χ3v) is 4.34. The zero-order chi connectivity index (χ0) is 13.1. The van der Waals surface area contributed by atoms with Crippen molar-refractivity contribution in [2.24, 2.45) is 11.7 Å². The number of fused-ring (bicyclic) bond motifs is 1. The molecule has 18 heavy (non-hydrogen) atoms. The summed E-state index contributed by atoms with van der Waals surface area (Å²) in [6, 6.07) is 7.55. The lowest BCUT2D eigenvalue weighted by Crippen LogP contribution is -2.12. The summed E-state index contributed by atoms with van der Waals surface area (Å²) in [5.74, 6) is 3.53. The summed E-state index contributed by atoms with van der Waals surface area (Å²) in [5.41, 5.74) is 6.98. The van der Waals surface area contributed by atoms with E-state index in [1.807, 2.05) is 36.0 Å². The Bertz CT molecular complexity index is 523. The highest BCUT2D eigenvalue weighted by Crippen LogP contribution is 2.27. The van der Waals surface area contributed by atoms with Crippen LogP contribution in [0, 0.1) is 5.92 Å². The Labute approximate surface area is 117 Å². The van der Waals surface area contributed by atoms with Crippen LogP contribution in [-0.2, 0) is 0 Å². The second-order valence-electron chi connectivity index (χ2n) is 4.87. The molecule has 0 aliphatic heterocycles. The molecule has 1 atom stereocenters. The SMILES string of the molecule is CC(C)CSCC(N)c1cc2cc(Cl)ccc2o1. The number of benzene rings is 1. The van der Waals surface area contributed by atoms with E-state index in [2.05, 4.69) is 13.8 Å². The lowest BCUT2D eigenvalue weighted by molar-refractivity contribution is 0.516. The van der Waals surface area contributed by atoms with Crippen LogP contribution in [0.15, 0.2) is 28.7 Å². The first-order chi connectivity index (χ1) is 8.56. The quantitative estimate of drug-likeness (QED) is 0.879. The molecule has 2 nitrogen and oxygen atoms in total. The van der Waals surface area contributed by atoms with Gasteiger partial charge >= 0.3 is 0 Å². The number of thioether (sulfide) groups is 1. The highest BCUT2D eigenvalue weighted by atomic mass is 35.5. The molecule has 0 bridgehead atoms. The molecular formula is C14H18ClNOS. The van der Waals surface area contributed by atoms with Crippen LogP contribution in [0.3, 0.4) is 0 Å². The van der Waals surface area contributed by atoms with Crippen molar-refractivity contribution >= 4 is 34.3 Å². The van der Waals surface area contributed by atoms with E-state index in [-0.39, 0.29) is 6.04 Å². The largest absolute Gasteiger partial charge is 0.459 e. The van der Waals surface area contributed by atoms with Crippen molar-refractivity contribution in [3.8, 4) is 0 Å². The predicted molar refractivity (Wildman–Crippen MR) is 80.3 cm³/mol. The second kappa shape index (κ2) is 6.00. The van der Waals surface area contributed by atoms with Crippen LogP contribution in [0.2, 0.25) is 5.02 Å². The molecule has 0 saturated heterocycles. The van der Waals surface area contributed by atoms with Crippen LogP contribution in [0.25, 0.3) is 11.0 Å². The fraction of sp³-hybridized carbons (Fsp3) is 0.429. The maximum atomic E-state index is 6.14. The van der Waals surface area contributed by atoms with Gasteiger partial charge in [0.25, 0.3) is 0 Å². The molecule has 1 aromatic carbocycles. The molecule has 0 saturated carbocycles. The smallest absolute Gasteiger partial charge is 0.134 e. The summed E-state index contributed by atoms with van der Waals surface area (Å²) in [5, 5.41) is 1.74. The Hall–Kier alpha value is -0.640. The van der Waals surface area contributed by atoms with Crippen LogP contribution in [0.1, 0.15) is 25.6 Å². The highest BCUT2D eigenvalue weighted by Gasteiger charge is 2.12. The highest BCUT2D eigenvalue weighted by molar-refractivity contribution is 7.99. The summed E-state index contributed by atoms with van der Waals surface area (Å²) in [6.07, 6.45) is 0. The number of nitrogens with two attached hydrogens (primary N) is 1. The van der Waals surface area contributed by atoms with Gasteiger partial charge in [0.05, 0.1) is 6.04 Å². The van der Waals surface area contributed by atoms with Crippen LogP contribution in [-0.4, -0.2) is 11.5 Å². The number of halogens is 1. The van der Waals surface area contributed by atoms with Crippen molar-refractivity contribution < 1.29 is 4.42 Å². The van der Waals surface area contributed by atoms with E-state index in [1.165, 1.54) is 0 Å². The fourth-order valence-electron chi connectivity index (χ4n) is 1.73. The number of furan rings is 1. The minimum absolute atomic E-state index is 0.0556. The first-order valence-corrected chi connectivity index (χ1v) is 7.62. The summed E-state index contributed by atoms with van der Waals surface area (Å²) >= 11 is 7.82. The minimum atomic E-state index is -0.0556. The summed E-state index contributed by atoms with van der Waals surface area (Å²) in [4.78, 5) is 0. The van der Waals surface area contributed by atoms with Gasteiger partial charge in [0.15, 0.2) is 0 Å². The van der Waals surface area contributed by atoms with Gasteiger partial charge < -0.3 is 10.2 Å². The van der Waals surface area contributed by atoms with Gasteiger partial charge in [0, 0.05) is 16.2 Å². The molecule has 1 aromatic heterocycles. The monoisotopic (exact) mass is 283 g/mol. The Morgan fingerprint density at radius 2 is 2.06 bits per heavy atom. The molecule has 2 N–H and O–H groups in total. The Kier molecular flexibility index (Phi) is 4.60. The van der Waals surface area contributed by atoms with Crippen molar-refractivity contribution in [2.45, 2.75) is 19.9 Å². The predicted octanol–water partition coefficient (Wildman–Crippen LogP) is 4.48. The molecule has 0 spiro atoms. The van der Waals surface area contributed by atoms with Crippen LogP contribution < -0.4 is 5.73 Å². The molecule has 0 radical (unpaired) electrons. The van der Waals surface area contributed by atoms with Gasteiger partial charge in [0.1, 0.15) is 11.3 Å². The van der Waals surface area contributed by atoms with E-state index in [0.717, 1.165) is 33.3 Å². The Balaban J connectivity index is 2.06. The van der Waals surface area contributed by atoms with Crippen molar-refractivity contribution in [2.75, 3.05) is 11.5 Å². The maximum absolute atomic E-state index is 6.14.